The summed E-state index contributed by atoms with van der Waals surface area (Å²) in [5.41, 5.74) is 1.44. The van der Waals surface area contributed by atoms with Gasteiger partial charge >= 0.3 is 0 Å². The van der Waals surface area contributed by atoms with Gasteiger partial charge in [0.2, 0.25) is 5.91 Å². The van der Waals surface area contributed by atoms with Crippen LogP contribution < -0.4 is 10.1 Å². The number of fused-ring (bicyclic) bond motifs is 3. The van der Waals surface area contributed by atoms with Crippen LogP contribution in [-0.2, 0) is 17.9 Å². The molecule has 1 N–H and O–H groups in total. The number of carbonyl (C=O) groups is 2. The van der Waals surface area contributed by atoms with Crippen LogP contribution >= 0.6 is 0 Å². The number of nitrogens with zero attached hydrogens (tertiary/aromatic N) is 3. The molecule has 1 aliphatic heterocycles. The predicted molar refractivity (Wildman–Crippen MR) is 135 cm³/mol. The van der Waals surface area contributed by atoms with Gasteiger partial charge in [-0.05, 0) is 44.9 Å². The summed E-state index contributed by atoms with van der Waals surface area (Å²) in [6.07, 6.45) is 6.66. The fraction of sp³-hybridized carbons (Fsp3) is 0.464. The summed E-state index contributed by atoms with van der Waals surface area (Å²) in [4.78, 5) is 34.2. The molecule has 7 heteroatoms. The van der Waals surface area contributed by atoms with E-state index in [0.717, 1.165) is 48.0 Å². The molecule has 1 aromatic heterocycles. The lowest BCUT2D eigenvalue weighted by Crippen LogP contribution is -2.64. The molecule has 184 valence electrons. The van der Waals surface area contributed by atoms with E-state index in [4.69, 9.17) is 4.74 Å². The van der Waals surface area contributed by atoms with Crippen molar-refractivity contribution in [1.82, 2.24) is 19.8 Å². The average molecular weight is 475 g/mol. The van der Waals surface area contributed by atoms with Crippen LogP contribution in [0, 0.1) is 0 Å². The molecular formula is C28H34N4O3. The van der Waals surface area contributed by atoms with Crippen LogP contribution in [0.25, 0.3) is 11.0 Å². The first-order valence-corrected chi connectivity index (χ1v) is 12.8. The molecule has 0 radical (unpaired) electrons. The molecule has 2 aliphatic rings. The molecule has 0 unspecified atom stereocenters. The van der Waals surface area contributed by atoms with Crippen molar-refractivity contribution >= 4 is 22.8 Å². The lowest BCUT2D eigenvalue weighted by Gasteiger charge is -2.44. The third-order valence-corrected chi connectivity index (χ3v) is 7.43. The number of para-hydroxylation sites is 3. The van der Waals surface area contributed by atoms with E-state index in [2.05, 4.69) is 10.3 Å². The van der Waals surface area contributed by atoms with Gasteiger partial charge in [-0.2, -0.15) is 0 Å². The van der Waals surface area contributed by atoms with Gasteiger partial charge in [-0.15, -0.1) is 0 Å². The first-order chi connectivity index (χ1) is 17.0. The van der Waals surface area contributed by atoms with Crippen molar-refractivity contribution in [1.29, 1.82) is 0 Å². The monoisotopic (exact) mass is 474 g/mol. The number of ether oxygens (including phenoxy) is 1. The van der Waals surface area contributed by atoms with Crippen molar-refractivity contribution in [2.24, 2.45) is 0 Å². The quantitative estimate of drug-likeness (QED) is 0.526. The zero-order chi connectivity index (χ0) is 24.4. The number of hydrogen-bond acceptors (Lipinski definition) is 4. The molecule has 1 atom stereocenters. The maximum Gasteiger partial charge on any atom is 0.291 e. The van der Waals surface area contributed by atoms with Gasteiger partial charge in [0.25, 0.3) is 5.91 Å². The third kappa shape index (κ3) is 4.40. The highest BCUT2D eigenvalue weighted by molar-refractivity contribution is 6.01. The Morgan fingerprint density at radius 2 is 1.80 bits per heavy atom. The van der Waals surface area contributed by atoms with Crippen LogP contribution in [0.5, 0.6) is 5.75 Å². The van der Waals surface area contributed by atoms with E-state index in [1.807, 2.05) is 66.9 Å². The number of hydrogen-bond donors (Lipinski definition) is 1. The highest BCUT2D eigenvalue weighted by Gasteiger charge is 2.49. The summed E-state index contributed by atoms with van der Waals surface area (Å²) >= 11 is 0. The van der Waals surface area contributed by atoms with E-state index in [9.17, 15) is 9.59 Å². The van der Waals surface area contributed by atoms with E-state index in [1.54, 1.807) is 4.90 Å². The van der Waals surface area contributed by atoms with E-state index >= 15 is 0 Å². The van der Waals surface area contributed by atoms with Gasteiger partial charge in [0.1, 0.15) is 11.3 Å². The number of nitrogens with one attached hydrogen (secondary N) is 1. The van der Waals surface area contributed by atoms with E-state index < -0.39 is 5.54 Å². The van der Waals surface area contributed by atoms with E-state index in [-0.39, 0.29) is 24.4 Å². The molecule has 1 saturated carbocycles. The van der Waals surface area contributed by atoms with Gasteiger partial charge in [0, 0.05) is 11.6 Å². The minimum absolute atomic E-state index is 0.102. The maximum absolute atomic E-state index is 14.0. The molecule has 5 rings (SSSR count). The molecule has 2 heterocycles. The number of imidazole rings is 1. The van der Waals surface area contributed by atoms with Gasteiger partial charge in [-0.1, -0.05) is 56.0 Å². The molecule has 1 aliphatic carbocycles. The van der Waals surface area contributed by atoms with Crippen molar-refractivity contribution in [3.63, 3.8) is 0 Å². The topological polar surface area (TPSA) is 76.5 Å². The number of aromatic nitrogens is 2. The molecule has 2 amide bonds. The van der Waals surface area contributed by atoms with Gasteiger partial charge in [-0.25, -0.2) is 4.98 Å². The van der Waals surface area contributed by atoms with Crippen molar-refractivity contribution in [2.75, 3.05) is 6.61 Å². The standard InChI is InChI=1S/C28H34N4O3/c1-3-35-24-17-11-8-12-20(24)18-32-26(33)25-30-22-15-9-10-16-23(22)31(25)19-28(32,2)27(34)29-21-13-6-4-5-7-14-21/h8-12,15-17,21H,3-7,13-14,18-19H2,1-2H3,(H,29,34)/t28-/m0/s1. The fourth-order valence-electron chi connectivity index (χ4n) is 5.44. The van der Waals surface area contributed by atoms with E-state index in [0.29, 0.717) is 19.0 Å². The fourth-order valence-corrected chi connectivity index (χ4v) is 5.44. The zero-order valence-electron chi connectivity index (χ0n) is 20.6. The largest absolute Gasteiger partial charge is 0.494 e. The Kier molecular flexibility index (Phi) is 6.50. The number of benzene rings is 2. The average Bonchev–Trinajstić information content (AvgIpc) is 3.03. The zero-order valence-corrected chi connectivity index (χ0v) is 20.6. The summed E-state index contributed by atoms with van der Waals surface area (Å²) < 4.78 is 7.75. The van der Waals surface area contributed by atoms with Crippen molar-refractivity contribution < 1.29 is 14.3 Å². The highest BCUT2D eigenvalue weighted by atomic mass is 16.5. The Labute approximate surface area is 206 Å². The van der Waals surface area contributed by atoms with Crippen LogP contribution in [0.15, 0.2) is 48.5 Å². The minimum Gasteiger partial charge on any atom is -0.494 e. The Morgan fingerprint density at radius 1 is 1.09 bits per heavy atom. The van der Waals surface area contributed by atoms with Crippen molar-refractivity contribution in [2.45, 2.75) is 77.0 Å². The Morgan fingerprint density at radius 3 is 2.57 bits per heavy atom. The van der Waals surface area contributed by atoms with Crippen LogP contribution in [0.1, 0.15) is 68.6 Å². The number of carbonyl (C=O) groups excluding carboxylic acids is 2. The van der Waals surface area contributed by atoms with Gasteiger partial charge in [0.05, 0.1) is 30.7 Å². The smallest absolute Gasteiger partial charge is 0.291 e. The summed E-state index contributed by atoms with van der Waals surface area (Å²) in [6.45, 7) is 4.98. The number of rotatable bonds is 6. The Hall–Kier alpha value is -3.35. The molecular weight excluding hydrogens is 440 g/mol. The van der Waals surface area contributed by atoms with Gasteiger partial charge < -0.3 is 19.5 Å². The summed E-state index contributed by atoms with van der Waals surface area (Å²) in [5, 5.41) is 3.32. The first kappa shape index (κ1) is 23.4. The second-order valence-electron chi connectivity index (χ2n) is 9.88. The number of amides is 2. The van der Waals surface area contributed by atoms with Crippen LogP contribution in [0.4, 0.5) is 0 Å². The Balaban J connectivity index is 1.54. The Bertz CT molecular complexity index is 1230. The van der Waals surface area contributed by atoms with Crippen LogP contribution in [0.3, 0.4) is 0 Å². The molecule has 0 bridgehead atoms. The normalized spacial score (nSPS) is 21.0. The first-order valence-electron chi connectivity index (χ1n) is 12.8. The summed E-state index contributed by atoms with van der Waals surface area (Å²) in [6, 6.07) is 15.6. The lowest BCUT2D eigenvalue weighted by atomic mass is 9.93. The maximum atomic E-state index is 14.0. The molecule has 35 heavy (non-hydrogen) atoms. The van der Waals surface area contributed by atoms with Gasteiger partial charge in [0.15, 0.2) is 5.82 Å². The highest BCUT2D eigenvalue weighted by Crippen LogP contribution is 2.34. The van der Waals surface area contributed by atoms with Crippen LogP contribution in [0.2, 0.25) is 0 Å². The summed E-state index contributed by atoms with van der Waals surface area (Å²) in [7, 11) is 0. The molecule has 2 aromatic carbocycles. The molecule has 7 nitrogen and oxygen atoms in total. The SMILES string of the molecule is CCOc1ccccc1CN1C(=O)c2nc3ccccc3n2C[C@@]1(C)C(=O)NC1CCCCCC1. The molecule has 1 fully saturated rings. The molecule has 0 spiro atoms. The van der Waals surface area contributed by atoms with E-state index in [1.165, 1.54) is 12.8 Å². The van der Waals surface area contributed by atoms with Gasteiger partial charge in [-0.3, -0.25) is 9.59 Å². The second kappa shape index (κ2) is 9.72. The predicted octanol–water partition coefficient (Wildman–Crippen LogP) is 4.69. The van der Waals surface area contributed by atoms with Crippen molar-refractivity contribution in [3.8, 4) is 5.75 Å². The lowest BCUT2D eigenvalue weighted by molar-refractivity contribution is -0.134. The van der Waals surface area contributed by atoms with Crippen LogP contribution in [-0.4, -0.2) is 44.5 Å². The third-order valence-electron chi connectivity index (χ3n) is 7.43. The summed E-state index contributed by atoms with van der Waals surface area (Å²) in [5.74, 6) is 0.764. The minimum atomic E-state index is -1.07. The second-order valence-corrected chi connectivity index (χ2v) is 9.88. The molecule has 0 saturated heterocycles. The van der Waals surface area contributed by atoms with Crippen molar-refractivity contribution in [3.05, 3.63) is 59.9 Å². The molecule has 3 aromatic rings.